The Hall–Kier alpha value is -2.25. The molecule has 1 aromatic carbocycles. The zero-order chi connectivity index (χ0) is 17.8. The summed E-state index contributed by atoms with van der Waals surface area (Å²) in [7, 11) is 0. The zero-order valence-electron chi connectivity index (χ0n) is 13.4. The van der Waals surface area contributed by atoms with E-state index in [1.54, 1.807) is 12.1 Å². The molecule has 0 atom stereocenters. The van der Waals surface area contributed by atoms with Crippen LogP contribution in [0.25, 0.3) is 0 Å². The predicted octanol–water partition coefficient (Wildman–Crippen LogP) is 3.97. The maximum atomic E-state index is 12.9. The van der Waals surface area contributed by atoms with Crippen LogP contribution in [0.15, 0.2) is 36.5 Å². The molecule has 1 fully saturated rings. The van der Waals surface area contributed by atoms with Crippen LogP contribution in [0.1, 0.15) is 18.4 Å². The summed E-state index contributed by atoms with van der Waals surface area (Å²) >= 11 is 5.80. The van der Waals surface area contributed by atoms with E-state index in [4.69, 9.17) is 16.3 Å². The lowest BCUT2D eigenvalue weighted by Crippen LogP contribution is -2.37. The molecule has 1 aromatic heterocycles. The van der Waals surface area contributed by atoms with Crippen molar-refractivity contribution in [3.05, 3.63) is 63.0 Å². The monoisotopic (exact) mass is 365 g/mol. The SMILES string of the molecule is O=[N+]([O-])c1cc(Cl)cnc1N1CCC(OCc2ccc(F)cc2)CC1. The normalized spacial score (nSPS) is 15.4. The molecule has 132 valence electrons. The average Bonchev–Trinajstić information content (AvgIpc) is 2.62. The number of aromatic nitrogens is 1. The molecule has 25 heavy (non-hydrogen) atoms. The quantitative estimate of drug-likeness (QED) is 0.592. The van der Waals surface area contributed by atoms with Crippen LogP contribution in [0.2, 0.25) is 5.02 Å². The molecule has 2 aromatic rings. The summed E-state index contributed by atoms with van der Waals surface area (Å²) in [5.74, 6) is 0.0699. The summed E-state index contributed by atoms with van der Waals surface area (Å²) in [5, 5.41) is 11.4. The van der Waals surface area contributed by atoms with Crippen LogP contribution in [0.4, 0.5) is 15.9 Å². The minimum Gasteiger partial charge on any atom is -0.373 e. The van der Waals surface area contributed by atoms with Crippen molar-refractivity contribution < 1.29 is 14.1 Å². The van der Waals surface area contributed by atoms with Gasteiger partial charge in [0.05, 0.1) is 22.7 Å². The number of hydrogen-bond acceptors (Lipinski definition) is 5. The number of pyridine rings is 1. The van der Waals surface area contributed by atoms with E-state index in [2.05, 4.69) is 4.98 Å². The highest BCUT2D eigenvalue weighted by atomic mass is 35.5. The third-order valence-corrected chi connectivity index (χ3v) is 4.36. The van der Waals surface area contributed by atoms with Crippen molar-refractivity contribution in [1.29, 1.82) is 0 Å². The molecule has 6 nitrogen and oxygen atoms in total. The second-order valence-electron chi connectivity index (χ2n) is 5.88. The second-order valence-corrected chi connectivity index (χ2v) is 6.31. The van der Waals surface area contributed by atoms with Crippen LogP contribution in [0, 0.1) is 15.9 Å². The Morgan fingerprint density at radius 3 is 2.64 bits per heavy atom. The number of hydrogen-bond donors (Lipinski definition) is 0. The van der Waals surface area contributed by atoms with Gasteiger partial charge in [-0.2, -0.15) is 0 Å². The maximum absolute atomic E-state index is 12.9. The van der Waals surface area contributed by atoms with E-state index in [0.717, 1.165) is 18.4 Å². The fraction of sp³-hybridized carbons (Fsp3) is 0.353. The number of piperidine rings is 1. The van der Waals surface area contributed by atoms with E-state index in [9.17, 15) is 14.5 Å². The number of halogens is 2. The first-order valence-corrected chi connectivity index (χ1v) is 8.31. The fourth-order valence-electron chi connectivity index (χ4n) is 2.83. The van der Waals surface area contributed by atoms with E-state index in [1.165, 1.54) is 24.4 Å². The van der Waals surface area contributed by atoms with Gasteiger partial charge in [-0.1, -0.05) is 23.7 Å². The smallest absolute Gasteiger partial charge is 0.313 e. The van der Waals surface area contributed by atoms with E-state index < -0.39 is 4.92 Å². The molecular weight excluding hydrogens is 349 g/mol. The van der Waals surface area contributed by atoms with Gasteiger partial charge in [0.15, 0.2) is 0 Å². The van der Waals surface area contributed by atoms with Crippen LogP contribution in [-0.2, 0) is 11.3 Å². The summed E-state index contributed by atoms with van der Waals surface area (Å²) < 4.78 is 18.8. The standard InChI is InChI=1S/C17H17ClFN3O3/c18-13-9-16(22(23)24)17(20-10-13)21-7-5-15(6-8-21)25-11-12-1-3-14(19)4-2-12/h1-4,9-10,15H,5-8,11H2. The molecule has 1 saturated heterocycles. The minimum atomic E-state index is -0.467. The highest BCUT2D eigenvalue weighted by Crippen LogP contribution is 2.30. The van der Waals surface area contributed by atoms with Gasteiger partial charge in [-0.15, -0.1) is 0 Å². The third-order valence-electron chi connectivity index (χ3n) is 4.15. The lowest BCUT2D eigenvalue weighted by atomic mass is 10.1. The molecule has 0 spiro atoms. The Bertz CT molecular complexity index is 749. The van der Waals surface area contributed by atoms with E-state index in [-0.39, 0.29) is 22.6 Å². The first kappa shape index (κ1) is 17.6. The van der Waals surface area contributed by atoms with Crippen molar-refractivity contribution in [3.8, 4) is 0 Å². The first-order valence-electron chi connectivity index (χ1n) is 7.94. The first-order chi connectivity index (χ1) is 12.0. The van der Waals surface area contributed by atoms with Crippen molar-refractivity contribution in [3.63, 3.8) is 0 Å². The highest BCUT2D eigenvalue weighted by Gasteiger charge is 2.26. The van der Waals surface area contributed by atoms with E-state index in [1.807, 2.05) is 4.90 Å². The fourth-order valence-corrected chi connectivity index (χ4v) is 2.98. The summed E-state index contributed by atoms with van der Waals surface area (Å²) in [4.78, 5) is 16.7. The number of rotatable bonds is 5. The van der Waals surface area contributed by atoms with Crippen LogP contribution < -0.4 is 4.90 Å². The summed E-state index contributed by atoms with van der Waals surface area (Å²) in [5.41, 5.74) is 0.831. The topological polar surface area (TPSA) is 68.5 Å². The van der Waals surface area contributed by atoms with E-state index in [0.29, 0.717) is 25.5 Å². The van der Waals surface area contributed by atoms with Crippen LogP contribution in [0.3, 0.4) is 0 Å². The van der Waals surface area contributed by atoms with Crippen LogP contribution >= 0.6 is 11.6 Å². The molecule has 1 aliphatic heterocycles. The maximum Gasteiger partial charge on any atom is 0.313 e. The van der Waals surface area contributed by atoms with Gasteiger partial charge in [0.1, 0.15) is 5.82 Å². The van der Waals surface area contributed by atoms with Gasteiger partial charge in [-0.25, -0.2) is 9.37 Å². The molecule has 1 aliphatic rings. The van der Waals surface area contributed by atoms with Crippen molar-refractivity contribution in [2.24, 2.45) is 0 Å². The van der Waals surface area contributed by atoms with Crippen molar-refractivity contribution >= 4 is 23.1 Å². The van der Waals surface area contributed by atoms with Gasteiger partial charge in [-0.3, -0.25) is 10.1 Å². The molecule has 0 bridgehead atoms. The minimum absolute atomic E-state index is 0.0626. The second kappa shape index (κ2) is 7.76. The van der Waals surface area contributed by atoms with Crippen LogP contribution in [-0.4, -0.2) is 29.1 Å². The Balaban J connectivity index is 1.57. The van der Waals surface area contributed by atoms with Gasteiger partial charge in [-0.05, 0) is 30.5 Å². The molecular formula is C17H17ClFN3O3. The van der Waals surface area contributed by atoms with Crippen molar-refractivity contribution in [2.75, 3.05) is 18.0 Å². The Morgan fingerprint density at radius 2 is 2.00 bits per heavy atom. The predicted molar refractivity (Wildman–Crippen MR) is 92.3 cm³/mol. The number of benzene rings is 1. The highest BCUT2D eigenvalue weighted by molar-refractivity contribution is 6.30. The molecule has 0 saturated carbocycles. The summed E-state index contributed by atoms with van der Waals surface area (Å²) in [6.45, 7) is 1.65. The summed E-state index contributed by atoms with van der Waals surface area (Å²) in [6, 6.07) is 7.54. The van der Waals surface area contributed by atoms with Crippen LogP contribution in [0.5, 0.6) is 0 Å². The molecule has 0 N–H and O–H groups in total. The molecule has 2 heterocycles. The number of ether oxygens (including phenoxy) is 1. The van der Waals surface area contributed by atoms with Gasteiger partial charge in [0.25, 0.3) is 0 Å². The largest absolute Gasteiger partial charge is 0.373 e. The third kappa shape index (κ3) is 4.43. The molecule has 0 unspecified atom stereocenters. The van der Waals surface area contributed by atoms with E-state index >= 15 is 0 Å². The molecule has 3 rings (SSSR count). The lowest BCUT2D eigenvalue weighted by Gasteiger charge is -2.32. The van der Waals surface area contributed by atoms with Gasteiger partial charge in [0, 0.05) is 25.4 Å². The Kier molecular flexibility index (Phi) is 5.45. The van der Waals surface area contributed by atoms with Crippen molar-refractivity contribution in [1.82, 2.24) is 4.98 Å². The number of anilines is 1. The van der Waals surface area contributed by atoms with Crippen molar-refractivity contribution in [2.45, 2.75) is 25.6 Å². The summed E-state index contributed by atoms with van der Waals surface area (Å²) in [6.07, 6.45) is 2.96. The molecule has 0 aliphatic carbocycles. The van der Waals surface area contributed by atoms with Gasteiger partial charge < -0.3 is 9.64 Å². The molecule has 8 heteroatoms. The van der Waals surface area contributed by atoms with Gasteiger partial charge in [0.2, 0.25) is 5.82 Å². The number of nitro groups is 1. The Morgan fingerprint density at radius 1 is 1.32 bits per heavy atom. The number of nitrogens with zero attached hydrogens (tertiary/aromatic N) is 3. The molecule has 0 radical (unpaired) electrons. The Labute approximate surface area is 149 Å². The van der Waals surface area contributed by atoms with Gasteiger partial charge >= 0.3 is 5.69 Å². The molecule has 0 amide bonds. The zero-order valence-corrected chi connectivity index (χ0v) is 14.2. The average molecular weight is 366 g/mol. The lowest BCUT2D eigenvalue weighted by molar-refractivity contribution is -0.384.